The van der Waals surface area contributed by atoms with Crippen molar-refractivity contribution in [3.05, 3.63) is 11.6 Å². The van der Waals surface area contributed by atoms with Crippen molar-refractivity contribution >= 4 is 43.0 Å². The zero-order valence-corrected chi connectivity index (χ0v) is 15.9. The summed E-state index contributed by atoms with van der Waals surface area (Å²) in [4.78, 5) is 2.16. The third kappa shape index (κ3) is 3.22. The van der Waals surface area contributed by atoms with Gasteiger partial charge in [0.15, 0.2) is 9.84 Å². The highest BCUT2D eigenvalue weighted by molar-refractivity contribution is 7.98. The minimum absolute atomic E-state index is 0.0830. The second-order valence-corrected chi connectivity index (χ2v) is 11.5. The molecule has 2 heterocycles. The Balaban J connectivity index is 2.62. The van der Waals surface area contributed by atoms with E-state index in [4.69, 9.17) is 5.14 Å². The molecule has 0 radical (unpaired) electrons. The molecule has 1 aromatic heterocycles. The van der Waals surface area contributed by atoms with Crippen LogP contribution in [0.5, 0.6) is 0 Å². The van der Waals surface area contributed by atoms with Crippen molar-refractivity contribution in [3.8, 4) is 0 Å². The van der Waals surface area contributed by atoms with Crippen LogP contribution in [0.1, 0.15) is 31.9 Å². The lowest BCUT2D eigenvalue weighted by Gasteiger charge is -2.35. The van der Waals surface area contributed by atoms with Gasteiger partial charge in [0.2, 0.25) is 10.0 Å². The van der Waals surface area contributed by atoms with Crippen LogP contribution < -0.4 is 5.14 Å². The highest BCUT2D eigenvalue weighted by Crippen LogP contribution is 2.45. The number of fused-ring (bicyclic) bond motifs is 1. The molecule has 2 rings (SSSR count). The summed E-state index contributed by atoms with van der Waals surface area (Å²) in [6, 6.07) is 1.34. The van der Waals surface area contributed by atoms with Crippen molar-refractivity contribution in [2.24, 2.45) is 5.14 Å². The molecule has 0 amide bonds. The first kappa shape index (κ1) is 18.2. The zero-order chi connectivity index (χ0) is 16.7. The van der Waals surface area contributed by atoms with Gasteiger partial charge in [-0.3, -0.25) is 4.90 Å². The average Bonchev–Trinajstić information content (AvgIpc) is 2.87. The van der Waals surface area contributed by atoms with Gasteiger partial charge in [-0.15, -0.1) is 23.1 Å². The van der Waals surface area contributed by atoms with Crippen LogP contribution in [0.15, 0.2) is 14.5 Å². The SMILES string of the molecule is CCN(CSC)[C@H]1C[C@H](C)S(=O)(=O)c2sc(S(N)(=O)=O)cc21. The molecule has 126 valence electrons. The third-order valence-electron chi connectivity index (χ3n) is 3.83. The van der Waals surface area contributed by atoms with E-state index < -0.39 is 25.1 Å². The van der Waals surface area contributed by atoms with Crippen molar-refractivity contribution in [1.29, 1.82) is 0 Å². The highest BCUT2D eigenvalue weighted by atomic mass is 32.3. The van der Waals surface area contributed by atoms with E-state index in [-0.39, 0.29) is 14.5 Å². The van der Waals surface area contributed by atoms with E-state index in [0.29, 0.717) is 12.0 Å². The fraction of sp³-hybridized carbons (Fsp3) is 0.667. The summed E-state index contributed by atoms with van der Waals surface area (Å²) in [7, 11) is -7.39. The minimum atomic E-state index is -3.90. The quantitative estimate of drug-likeness (QED) is 0.775. The summed E-state index contributed by atoms with van der Waals surface area (Å²) in [5, 5.41) is 4.64. The van der Waals surface area contributed by atoms with Gasteiger partial charge in [0.1, 0.15) is 8.42 Å². The highest BCUT2D eigenvalue weighted by Gasteiger charge is 2.41. The normalized spacial score (nSPS) is 24.4. The molecule has 10 heteroatoms. The summed E-state index contributed by atoms with van der Waals surface area (Å²) < 4.78 is 48.3. The van der Waals surface area contributed by atoms with Gasteiger partial charge in [-0.05, 0) is 32.2 Å². The molecule has 2 atom stereocenters. The summed E-state index contributed by atoms with van der Waals surface area (Å²) in [6.45, 7) is 4.45. The maximum absolute atomic E-state index is 12.5. The van der Waals surface area contributed by atoms with Crippen LogP contribution in [0, 0.1) is 0 Å². The van der Waals surface area contributed by atoms with Crippen LogP contribution in [0.25, 0.3) is 0 Å². The number of rotatable bonds is 5. The van der Waals surface area contributed by atoms with Crippen LogP contribution in [-0.4, -0.2) is 45.7 Å². The van der Waals surface area contributed by atoms with E-state index in [1.807, 2.05) is 13.2 Å². The molecule has 0 unspecified atom stereocenters. The predicted molar refractivity (Wildman–Crippen MR) is 90.5 cm³/mol. The average molecular weight is 385 g/mol. The Morgan fingerprint density at radius 1 is 1.50 bits per heavy atom. The van der Waals surface area contributed by atoms with Gasteiger partial charge >= 0.3 is 0 Å². The number of nitrogens with zero attached hydrogens (tertiary/aromatic N) is 1. The van der Waals surface area contributed by atoms with Crippen molar-refractivity contribution in [3.63, 3.8) is 0 Å². The zero-order valence-electron chi connectivity index (χ0n) is 12.6. The van der Waals surface area contributed by atoms with Crippen LogP contribution in [0.3, 0.4) is 0 Å². The van der Waals surface area contributed by atoms with E-state index in [0.717, 1.165) is 23.8 Å². The Bertz CT molecular complexity index is 754. The van der Waals surface area contributed by atoms with Gasteiger partial charge in [-0.2, -0.15) is 0 Å². The van der Waals surface area contributed by atoms with Gasteiger partial charge in [-0.1, -0.05) is 6.92 Å². The molecule has 1 aromatic rings. The number of sulfonamides is 1. The van der Waals surface area contributed by atoms with Crippen LogP contribution in [-0.2, 0) is 19.9 Å². The third-order valence-corrected chi connectivity index (χ3v) is 9.73. The largest absolute Gasteiger partial charge is 0.287 e. The molecule has 6 nitrogen and oxygen atoms in total. The summed E-state index contributed by atoms with van der Waals surface area (Å²) in [5.74, 6) is 0.758. The number of primary sulfonamides is 1. The van der Waals surface area contributed by atoms with Gasteiger partial charge in [0.25, 0.3) is 0 Å². The topological polar surface area (TPSA) is 97.5 Å². The molecule has 0 aromatic carbocycles. The second kappa shape index (κ2) is 6.40. The molecule has 22 heavy (non-hydrogen) atoms. The van der Waals surface area contributed by atoms with E-state index in [2.05, 4.69) is 4.90 Å². The molecule has 1 aliphatic rings. The van der Waals surface area contributed by atoms with Crippen molar-refractivity contribution in [2.75, 3.05) is 18.7 Å². The van der Waals surface area contributed by atoms with E-state index in [1.165, 1.54) is 6.07 Å². The maximum Gasteiger partial charge on any atom is 0.247 e. The molecule has 1 aliphatic heterocycles. The standard InChI is InChI=1S/C12H20N2O4S4/c1-4-14(7-19-3)10-5-8(2)21(15,16)12-9(10)6-11(20-12)22(13,17)18/h6,8,10H,4-5,7H2,1-3H3,(H2,13,17,18)/t8-,10-/m0/s1. The Morgan fingerprint density at radius 3 is 2.64 bits per heavy atom. The number of thiophene rings is 1. The lowest BCUT2D eigenvalue weighted by molar-refractivity contribution is 0.227. The summed E-state index contributed by atoms with van der Waals surface area (Å²) in [6.07, 6.45) is 2.44. The molecular formula is C12H20N2O4S4. The molecule has 0 saturated carbocycles. The number of hydrogen-bond acceptors (Lipinski definition) is 7. The first-order valence-corrected chi connectivity index (χ1v) is 12.1. The molecule has 0 saturated heterocycles. The van der Waals surface area contributed by atoms with Gasteiger partial charge in [0, 0.05) is 17.5 Å². The van der Waals surface area contributed by atoms with Crippen LogP contribution in [0.2, 0.25) is 0 Å². The Kier molecular flexibility index (Phi) is 5.30. The number of hydrogen-bond donors (Lipinski definition) is 1. The summed E-state index contributed by atoms with van der Waals surface area (Å²) >= 11 is 2.42. The number of thioether (sulfide) groups is 1. The van der Waals surface area contributed by atoms with Gasteiger partial charge in [-0.25, -0.2) is 22.0 Å². The van der Waals surface area contributed by atoms with Crippen molar-refractivity contribution in [1.82, 2.24) is 4.90 Å². The lowest BCUT2D eigenvalue weighted by atomic mass is 10.0. The van der Waals surface area contributed by atoms with E-state index in [9.17, 15) is 16.8 Å². The van der Waals surface area contributed by atoms with E-state index in [1.54, 1.807) is 18.7 Å². The second-order valence-electron chi connectivity index (χ2n) is 5.28. The van der Waals surface area contributed by atoms with Crippen molar-refractivity contribution in [2.45, 2.75) is 40.0 Å². The summed E-state index contributed by atoms with van der Waals surface area (Å²) in [5.41, 5.74) is 0.572. The Labute approximate surface area is 140 Å². The fourth-order valence-corrected chi connectivity index (χ4v) is 7.72. The molecule has 2 N–H and O–H groups in total. The Morgan fingerprint density at radius 2 is 2.14 bits per heavy atom. The fourth-order valence-electron chi connectivity index (χ4n) is 2.62. The van der Waals surface area contributed by atoms with Gasteiger partial charge < -0.3 is 0 Å². The molecule has 0 bridgehead atoms. The number of nitrogens with two attached hydrogens (primary N) is 1. The molecule has 0 spiro atoms. The smallest absolute Gasteiger partial charge is 0.247 e. The lowest BCUT2D eigenvalue weighted by Crippen LogP contribution is -2.36. The Hall–Kier alpha value is -0.130. The molecule has 0 fully saturated rings. The van der Waals surface area contributed by atoms with E-state index >= 15 is 0 Å². The van der Waals surface area contributed by atoms with Crippen LogP contribution >= 0.6 is 23.1 Å². The predicted octanol–water partition coefficient (Wildman–Crippen LogP) is 1.64. The molecular weight excluding hydrogens is 364 g/mol. The van der Waals surface area contributed by atoms with Crippen LogP contribution in [0.4, 0.5) is 0 Å². The van der Waals surface area contributed by atoms with Gasteiger partial charge in [0.05, 0.1) is 5.25 Å². The minimum Gasteiger partial charge on any atom is -0.287 e. The molecule has 0 aliphatic carbocycles. The maximum atomic E-state index is 12.5. The van der Waals surface area contributed by atoms with Crippen molar-refractivity contribution < 1.29 is 16.8 Å². The first-order valence-electron chi connectivity index (χ1n) is 6.76. The first-order chi connectivity index (χ1) is 10.1. The monoisotopic (exact) mass is 384 g/mol. The number of sulfone groups is 1.